The summed E-state index contributed by atoms with van der Waals surface area (Å²) < 4.78 is 38.5. The van der Waals surface area contributed by atoms with Crippen molar-refractivity contribution in [2.45, 2.75) is 39.1 Å². The fourth-order valence-electron chi connectivity index (χ4n) is 3.79. The van der Waals surface area contributed by atoms with Crippen molar-refractivity contribution in [2.75, 3.05) is 12.9 Å². The van der Waals surface area contributed by atoms with Crippen molar-refractivity contribution >= 4 is 16.0 Å². The first-order valence-corrected chi connectivity index (χ1v) is 13.3. The molecule has 0 N–H and O–H groups in total. The summed E-state index contributed by atoms with van der Waals surface area (Å²) in [7, 11) is -3.60. The molecule has 36 heavy (non-hydrogen) atoms. The van der Waals surface area contributed by atoms with E-state index in [4.69, 9.17) is 23.5 Å². The summed E-state index contributed by atoms with van der Waals surface area (Å²) in [6.07, 6.45) is 3.53. The molecule has 0 aliphatic carbocycles. The average Bonchev–Trinajstić information content (AvgIpc) is 3.35. The number of hydrogen-bond donors (Lipinski definition) is 0. The molecule has 2 aromatic heterocycles. The van der Waals surface area contributed by atoms with Crippen LogP contribution in [0.15, 0.2) is 72.1 Å². The van der Waals surface area contributed by atoms with E-state index in [2.05, 4.69) is 30.9 Å². The van der Waals surface area contributed by atoms with Gasteiger partial charge in [-0.2, -0.15) is 8.42 Å². The number of rotatable bonds is 10. The van der Waals surface area contributed by atoms with Crippen LogP contribution in [-0.4, -0.2) is 43.4 Å². The summed E-state index contributed by atoms with van der Waals surface area (Å²) in [6, 6.07) is 17.4. The molecule has 1 aliphatic heterocycles. The summed E-state index contributed by atoms with van der Waals surface area (Å²) in [4.78, 5) is 14.1. The van der Waals surface area contributed by atoms with E-state index in [1.807, 2.05) is 54.6 Å². The highest BCUT2D eigenvalue weighted by Crippen LogP contribution is 2.38. The van der Waals surface area contributed by atoms with Crippen LogP contribution in [0.5, 0.6) is 5.75 Å². The third-order valence-corrected chi connectivity index (χ3v) is 6.75. The molecule has 0 bridgehead atoms. The smallest absolute Gasteiger partial charge is 0.291 e. The highest BCUT2D eigenvalue weighted by molar-refractivity contribution is 7.85. The predicted octanol–water partition coefficient (Wildman–Crippen LogP) is 4.03. The number of benzene rings is 1. The SMILES string of the molecule is CC(C)C(C)(c1ccc(C2=NOC(COS(C)(=O)=O)O2)cc1)c1ccc(OCc2ccccn2)cn1. The minimum Gasteiger partial charge on any atom is -0.486 e. The lowest BCUT2D eigenvalue weighted by Gasteiger charge is -2.34. The predicted molar refractivity (Wildman–Crippen MR) is 134 cm³/mol. The number of nitrogens with zero attached hydrogens (tertiary/aromatic N) is 3. The van der Waals surface area contributed by atoms with Crippen molar-refractivity contribution in [3.05, 3.63) is 89.5 Å². The number of ether oxygens (including phenoxy) is 2. The molecule has 0 saturated carbocycles. The monoisotopic (exact) mass is 511 g/mol. The highest BCUT2D eigenvalue weighted by Gasteiger charge is 2.34. The lowest BCUT2D eigenvalue weighted by Crippen LogP contribution is -2.31. The molecule has 3 heterocycles. The van der Waals surface area contributed by atoms with Crippen LogP contribution in [0.3, 0.4) is 0 Å². The van der Waals surface area contributed by atoms with E-state index in [1.165, 1.54) is 0 Å². The minimum absolute atomic E-state index is 0.247. The van der Waals surface area contributed by atoms with E-state index in [0.717, 1.165) is 23.2 Å². The summed E-state index contributed by atoms with van der Waals surface area (Å²) >= 11 is 0. The average molecular weight is 512 g/mol. The van der Waals surface area contributed by atoms with Crippen molar-refractivity contribution in [3.8, 4) is 5.75 Å². The second kappa shape index (κ2) is 10.6. The first kappa shape index (κ1) is 25.6. The van der Waals surface area contributed by atoms with Gasteiger partial charge in [0.2, 0.25) is 0 Å². The van der Waals surface area contributed by atoms with E-state index >= 15 is 0 Å². The zero-order valence-electron chi connectivity index (χ0n) is 20.6. The van der Waals surface area contributed by atoms with E-state index in [1.54, 1.807) is 12.4 Å². The molecular weight excluding hydrogens is 482 g/mol. The minimum atomic E-state index is -3.60. The summed E-state index contributed by atoms with van der Waals surface area (Å²) in [6.45, 7) is 6.58. The quantitative estimate of drug-likeness (QED) is 0.375. The molecule has 10 heteroatoms. The van der Waals surface area contributed by atoms with Gasteiger partial charge in [0.15, 0.2) is 0 Å². The first-order chi connectivity index (χ1) is 17.1. The fraction of sp³-hybridized carbons (Fsp3) is 0.346. The van der Waals surface area contributed by atoms with Crippen molar-refractivity contribution in [1.29, 1.82) is 0 Å². The van der Waals surface area contributed by atoms with Crippen molar-refractivity contribution in [3.63, 3.8) is 0 Å². The van der Waals surface area contributed by atoms with Crippen LogP contribution in [0.25, 0.3) is 0 Å². The molecule has 0 fully saturated rings. The second-order valence-electron chi connectivity index (χ2n) is 8.96. The fourth-order valence-corrected chi connectivity index (χ4v) is 4.15. The highest BCUT2D eigenvalue weighted by atomic mass is 32.2. The molecule has 4 rings (SSSR count). The van der Waals surface area contributed by atoms with Gasteiger partial charge >= 0.3 is 0 Å². The van der Waals surface area contributed by atoms with Crippen LogP contribution in [0, 0.1) is 5.92 Å². The molecule has 0 saturated heterocycles. The topological polar surface area (TPSA) is 109 Å². The number of pyridine rings is 2. The lowest BCUT2D eigenvalue weighted by atomic mass is 9.70. The van der Waals surface area contributed by atoms with Gasteiger partial charge in [0.25, 0.3) is 22.3 Å². The van der Waals surface area contributed by atoms with Crippen molar-refractivity contribution in [2.24, 2.45) is 11.1 Å². The maximum absolute atomic E-state index is 11.2. The molecule has 3 aromatic rings. The number of oxime groups is 1. The zero-order valence-corrected chi connectivity index (χ0v) is 21.4. The van der Waals surface area contributed by atoms with Crippen LogP contribution in [0.1, 0.15) is 43.3 Å². The Labute approximate surface area is 211 Å². The summed E-state index contributed by atoms with van der Waals surface area (Å²) in [5.74, 6) is 1.19. The summed E-state index contributed by atoms with van der Waals surface area (Å²) in [5, 5.41) is 3.91. The molecule has 190 valence electrons. The molecule has 0 amide bonds. The van der Waals surface area contributed by atoms with Crippen LogP contribution >= 0.6 is 0 Å². The van der Waals surface area contributed by atoms with Gasteiger partial charge in [0.1, 0.15) is 19.0 Å². The van der Waals surface area contributed by atoms with Gasteiger partial charge in [-0.25, -0.2) is 0 Å². The maximum atomic E-state index is 11.2. The third kappa shape index (κ3) is 6.00. The van der Waals surface area contributed by atoms with Crippen molar-refractivity contribution < 1.29 is 26.9 Å². The standard InChI is InChI=1S/C26H29N3O6S/c1-18(2)26(3,23-13-12-22(15-28-23)32-16-21-7-5-6-14-27-21)20-10-8-19(9-11-20)25-29-35-24(34-25)17-33-36(4,30)31/h5-15,18,24H,16-17H2,1-4H3. The van der Waals surface area contributed by atoms with E-state index in [9.17, 15) is 8.42 Å². The summed E-state index contributed by atoms with van der Waals surface area (Å²) in [5.41, 5.74) is 3.19. The van der Waals surface area contributed by atoms with Crippen molar-refractivity contribution in [1.82, 2.24) is 9.97 Å². The van der Waals surface area contributed by atoms with Gasteiger partial charge in [-0.05, 0) is 60.0 Å². The van der Waals surface area contributed by atoms with Crippen LogP contribution in [-0.2, 0) is 35.9 Å². The Bertz CT molecular complexity index is 1300. The van der Waals surface area contributed by atoms with Gasteiger partial charge in [-0.15, -0.1) is 0 Å². The Balaban J connectivity index is 1.45. The Kier molecular flexibility index (Phi) is 7.56. The Morgan fingerprint density at radius 1 is 1.06 bits per heavy atom. The zero-order chi connectivity index (χ0) is 25.8. The van der Waals surface area contributed by atoms with E-state index < -0.39 is 16.4 Å². The Morgan fingerprint density at radius 3 is 2.44 bits per heavy atom. The third-order valence-electron chi connectivity index (χ3n) is 6.18. The van der Waals surface area contributed by atoms with E-state index in [-0.39, 0.29) is 23.8 Å². The van der Waals surface area contributed by atoms with Crippen LogP contribution in [0.4, 0.5) is 0 Å². The number of aromatic nitrogens is 2. The number of hydrogen-bond acceptors (Lipinski definition) is 9. The largest absolute Gasteiger partial charge is 0.486 e. The van der Waals surface area contributed by atoms with E-state index in [0.29, 0.717) is 17.9 Å². The molecule has 1 aromatic carbocycles. The molecule has 2 atom stereocenters. The van der Waals surface area contributed by atoms with Gasteiger partial charge < -0.3 is 14.3 Å². The lowest BCUT2D eigenvalue weighted by molar-refractivity contribution is -0.0714. The van der Waals surface area contributed by atoms with Gasteiger partial charge in [-0.1, -0.05) is 32.0 Å². The van der Waals surface area contributed by atoms with Gasteiger partial charge in [-0.3, -0.25) is 14.2 Å². The van der Waals surface area contributed by atoms with Crippen LogP contribution in [0.2, 0.25) is 0 Å². The molecule has 1 aliphatic rings. The molecule has 9 nitrogen and oxygen atoms in total. The van der Waals surface area contributed by atoms with Gasteiger partial charge in [0, 0.05) is 17.2 Å². The Hall–Kier alpha value is -3.50. The van der Waals surface area contributed by atoms with Gasteiger partial charge in [0.05, 0.1) is 23.8 Å². The second-order valence-corrected chi connectivity index (χ2v) is 10.6. The maximum Gasteiger partial charge on any atom is 0.291 e. The first-order valence-electron chi connectivity index (χ1n) is 11.5. The molecule has 0 radical (unpaired) electrons. The molecular formula is C26H29N3O6S. The Morgan fingerprint density at radius 2 is 1.83 bits per heavy atom. The normalized spacial score (nSPS) is 17.1. The molecule has 0 spiro atoms. The van der Waals surface area contributed by atoms with Crippen LogP contribution < -0.4 is 4.74 Å². The molecule has 2 unspecified atom stereocenters.